The maximum absolute atomic E-state index is 10.1. The summed E-state index contributed by atoms with van der Waals surface area (Å²) in [7, 11) is 0. The zero-order chi connectivity index (χ0) is 12.4. The highest BCUT2D eigenvalue weighted by molar-refractivity contribution is 6.30. The normalized spacial score (nSPS) is 24.9. The molecule has 1 aliphatic heterocycles. The molecule has 0 saturated heterocycles. The summed E-state index contributed by atoms with van der Waals surface area (Å²) in [6, 6.07) is 5.45. The standard InChI is InChI=1S/C14H19ClO2/c1-3-4-9(2)14-8-12(16)11-7-10(15)5-6-13(11)17-14/h5-7,9,12,14,16H,3-4,8H2,1-2H3. The summed E-state index contributed by atoms with van der Waals surface area (Å²) in [5, 5.41) is 10.8. The van der Waals surface area contributed by atoms with E-state index in [1.54, 1.807) is 12.1 Å². The fourth-order valence-corrected chi connectivity index (χ4v) is 2.62. The van der Waals surface area contributed by atoms with Gasteiger partial charge in [0, 0.05) is 17.0 Å². The van der Waals surface area contributed by atoms with Gasteiger partial charge in [0.15, 0.2) is 0 Å². The Kier molecular flexibility index (Phi) is 3.95. The van der Waals surface area contributed by atoms with Crippen molar-refractivity contribution in [1.82, 2.24) is 0 Å². The summed E-state index contributed by atoms with van der Waals surface area (Å²) in [6.45, 7) is 4.35. The van der Waals surface area contributed by atoms with Crippen LogP contribution in [0.25, 0.3) is 0 Å². The van der Waals surface area contributed by atoms with Crippen LogP contribution in [-0.4, -0.2) is 11.2 Å². The number of aliphatic hydroxyl groups excluding tert-OH is 1. The second kappa shape index (κ2) is 5.28. The molecule has 1 heterocycles. The van der Waals surface area contributed by atoms with Crippen LogP contribution < -0.4 is 4.74 Å². The number of ether oxygens (including phenoxy) is 1. The number of hydrogen-bond donors (Lipinski definition) is 1. The van der Waals surface area contributed by atoms with Crippen LogP contribution in [0.5, 0.6) is 5.75 Å². The summed E-state index contributed by atoms with van der Waals surface area (Å²) >= 11 is 5.92. The summed E-state index contributed by atoms with van der Waals surface area (Å²) in [6.07, 6.45) is 2.58. The Hall–Kier alpha value is -0.730. The third kappa shape index (κ3) is 2.75. The van der Waals surface area contributed by atoms with Crippen molar-refractivity contribution in [3.63, 3.8) is 0 Å². The number of hydrogen-bond acceptors (Lipinski definition) is 2. The van der Waals surface area contributed by atoms with Gasteiger partial charge in [-0.15, -0.1) is 0 Å². The Bertz CT molecular complexity index is 392. The van der Waals surface area contributed by atoms with E-state index in [2.05, 4.69) is 13.8 Å². The lowest BCUT2D eigenvalue weighted by molar-refractivity contribution is 0.0361. The first kappa shape index (κ1) is 12.7. The van der Waals surface area contributed by atoms with Crippen LogP contribution in [0.1, 0.15) is 44.8 Å². The number of rotatable bonds is 3. The average molecular weight is 255 g/mol. The van der Waals surface area contributed by atoms with Gasteiger partial charge < -0.3 is 9.84 Å². The lowest BCUT2D eigenvalue weighted by Gasteiger charge is -2.33. The third-order valence-electron chi connectivity index (χ3n) is 3.44. The molecule has 0 bridgehead atoms. The van der Waals surface area contributed by atoms with Gasteiger partial charge in [0.2, 0.25) is 0 Å². The molecular weight excluding hydrogens is 236 g/mol. The number of benzene rings is 1. The first-order valence-electron chi connectivity index (χ1n) is 6.26. The van der Waals surface area contributed by atoms with Gasteiger partial charge in [0.05, 0.1) is 6.10 Å². The van der Waals surface area contributed by atoms with E-state index >= 15 is 0 Å². The fraction of sp³-hybridized carbons (Fsp3) is 0.571. The Morgan fingerprint density at radius 1 is 1.53 bits per heavy atom. The fourth-order valence-electron chi connectivity index (χ4n) is 2.43. The number of aliphatic hydroxyl groups is 1. The summed E-state index contributed by atoms with van der Waals surface area (Å²) in [5.74, 6) is 1.25. The maximum Gasteiger partial charge on any atom is 0.125 e. The van der Waals surface area contributed by atoms with Crippen molar-refractivity contribution in [3.8, 4) is 5.75 Å². The molecule has 1 aromatic carbocycles. The predicted octanol–water partition coefficient (Wildman–Crippen LogP) is 3.96. The smallest absolute Gasteiger partial charge is 0.125 e. The van der Waals surface area contributed by atoms with Crippen molar-refractivity contribution >= 4 is 11.6 Å². The molecule has 1 aromatic rings. The van der Waals surface area contributed by atoms with Gasteiger partial charge in [-0.3, -0.25) is 0 Å². The van der Waals surface area contributed by atoms with Crippen molar-refractivity contribution in [2.75, 3.05) is 0 Å². The molecule has 3 heteroatoms. The largest absolute Gasteiger partial charge is 0.490 e. The summed E-state index contributed by atoms with van der Waals surface area (Å²) in [4.78, 5) is 0. The summed E-state index contributed by atoms with van der Waals surface area (Å²) < 4.78 is 5.95. The van der Waals surface area contributed by atoms with Crippen LogP contribution in [0.2, 0.25) is 5.02 Å². The highest BCUT2D eigenvalue weighted by atomic mass is 35.5. The van der Waals surface area contributed by atoms with Gasteiger partial charge >= 0.3 is 0 Å². The molecule has 2 nitrogen and oxygen atoms in total. The molecule has 0 saturated carbocycles. The van der Waals surface area contributed by atoms with Crippen LogP contribution in [-0.2, 0) is 0 Å². The van der Waals surface area contributed by atoms with E-state index in [0.717, 1.165) is 24.2 Å². The zero-order valence-electron chi connectivity index (χ0n) is 10.3. The lowest BCUT2D eigenvalue weighted by Crippen LogP contribution is -2.31. The molecule has 0 aliphatic carbocycles. The molecular formula is C14H19ClO2. The molecule has 94 valence electrons. The highest BCUT2D eigenvalue weighted by Crippen LogP contribution is 2.38. The van der Waals surface area contributed by atoms with Crippen LogP contribution in [0.4, 0.5) is 0 Å². The van der Waals surface area contributed by atoms with Crippen molar-refractivity contribution in [1.29, 1.82) is 0 Å². The van der Waals surface area contributed by atoms with Crippen molar-refractivity contribution in [2.45, 2.75) is 45.3 Å². The van der Waals surface area contributed by atoms with Crippen LogP contribution in [0.15, 0.2) is 18.2 Å². The SMILES string of the molecule is CCCC(C)C1CC(O)c2cc(Cl)ccc2O1. The van der Waals surface area contributed by atoms with E-state index in [0.29, 0.717) is 17.4 Å². The lowest BCUT2D eigenvalue weighted by atomic mass is 9.90. The Balaban J connectivity index is 2.18. The number of halogens is 1. The van der Waals surface area contributed by atoms with Gasteiger partial charge in [-0.1, -0.05) is 31.9 Å². The molecule has 0 radical (unpaired) electrons. The Morgan fingerprint density at radius 3 is 3.00 bits per heavy atom. The molecule has 1 aliphatic rings. The molecule has 0 aromatic heterocycles. The van der Waals surface area contributed by atoms with Gasteiger partial charge in [-0.2, -0.15) is 0 Å². The van der Waals surface area contributed by atoms with E-state index in [1.807, 2.05) is 6.07 Å². The monoisotopic (exact) mass is 254 g/mol. The van der Waals surface area contributed by atoms with E-state index in [4.69, 9.17) is 16.3 Å². The minimum atomic E-state index is -0.457. The molecule has 3 atom stereocenters. The maximum atomic E-state index is 10.1. The minimum Gasteiger partial charge on any atom is -0.490 e. The molecule has 1 N–H and O–H groups in total. The second-order valence-corrected chi connectivity index (χ2v) is 5.29. The third-order valence-corrected chi connectivity index (χ3v) is 3.68. The molecule has 3 unspecified atom stereocenters. The molecule has 0 amide bonds. The quantitative estimate of drug-likeness (QED) is 0.885. The second-order valence-electron chi connectivity index (χ2n) is 4.86. The van der Waals surface area contributed by atoms with Crippen molar-refractivity contribution < 1.29 is 9.84 Å². The Labute approximate surface area is 108 Å². The first-order chi connectivity index (χ1) is 8.11. The molecule has 17 heavy (non-hydrogen) atoms. The van der Waals surface area contributed by atoms with E-state index in [-0.39, 0.29) is 6.10 Å². The van der Waals surface area contributed by atoms with Crippen LogP contribution in [0, 0.1) is 5.92 Å². The zero-order valence-corrected chi connectivity index (χ0v) is 11.1. The molecule has 0 spiro atoms. The van der Waals surface area contributed by atoms with E-state index in [9.17, 15) is 5.11 Å². The first-order valence-corrected chi connectivity index (χ1v) is 6.63. The highest BCUT2D eigenvalue weighted by Gasteiger charge is 2.30. The molecule has 2 rings (SSSR count). The summed E-state index contributed by atoms with van der Waals surface area (Å²) in [5.41, 5.74) is 0.817. The van der Waals surface area contributed by atoms with Crippen molar-refractivity contribution in [2.24, 2.45) is 5.92 Å². The van der Waals surface area contributed by atoms with Crippen LogP contribution >= 0.6 is 11.6 Å². The topological polar surface area (TPSA) is 29.5 Å². The minimum absolute atomic E-state index is 0.110. The van der Waals surface area contributed by atoms with Crippen molar-refractivity contribution in [3.05, 3.63) is 28.8 Å². The van der Waals surface area contributed by atoms with Crippen LogP contribution in [0.3, 0.4) is 0 Å². The predicted molar refractivity (Wildman–Crippen MR) is 69.5 cm³/mol. The Morgan fingerprint density at radius 2 is 2.29 bits per heavy atom. The van der Waals surface area contributed by atoms with Gasteiger partial charge in [-0.25, -0.2) is 0 Å². The average Bonchev–Trinajstić information content (AvgIpc) is 2.30. The van der Waals surface area contributed by atoms with Gasteiger partial charge in [0.25, 0.3) is 0 Å². The van der Waals surface area contributed by atoms with Gasteiger partial charge in [0.1, 0.15) is 11.9 Å². The van der Waals surface area contributed by atoms with Gasteiger partial charge in [-0.05, 0) is 30.5 Å². The van der Waals surface area contributed by atoms with E-state index < -0.39 is 6.10 Å². The number of fused-ring (bicyclic) bond motifs is 1. The molecule has 0 fully saturated rings. The van der Waals surface area contributed by atoms with E-state index in [1.165, 1.54) is 0 Å².